The van der Waals surface area contributed by atoms with Gasteiger partial charge in [0.05, 0.1) is 12.7 Å². The zero-order valence-corrected chi connectivity index (χ0v) is 9.84. The Morgan fingerprint density at radius 2 is 2.33 bits per heavy atom. The first-order chi connectivity index (χ1) is 8.70. The van der Waals surface area contributed by atoms with Crippen LogP contribution in [0.25, 0.3) is 0 Å². The molecular weight excluding hydrogens is 237 g/mol. The first-order valence-corrected chi connectivity index (χ1v) is 5.40. The number of aromatic nitrogens is 3. The highest BCUT2D eigenvalue weighted by atomic mass is 19.1. The molecule has 0 saturated carbocycles. The van der Waals surface area contributed by atoms with E-state index in [1.54, 1.807) is 11.0 Å². The van der Waals surface area contributed by atoms with Crippen LogP contribution in [0.1, 0.15) is 15.9 Å². The Kier molecular flexibility index (Phi) is 3.66. The first kappa shape index (κ1) is 12.2. The van der Waals surface area contributed by atoms with Crippen molar-refractivity contribution in [1.82, 2.24) is 14.8 Å². The van der Waals surface area contributed by atoms with Crippen LogP contribution in [0.2, 0.25) is 0 Å². The predicted molar refractivity (Wildman–Crippen MR) is 61.5 cm³/mol. The lowest BCUT2D eigenvalue weighted by Gasteiger charge is -2.08. The number of methoxy groups -OCH3 is 1. The number of nitrogens with zero attached hydrogens (tertiary/aromatic N) is 3. The van der Waals surface area contributed by atoms with Crippen LogP contribution >= 0.6 is 0 Å². The van der Waals surface area contributed by atoms with Crippen LogP contribution in [0.15, 0.2) is 30.9 Å². The molecular formula is C12H12FN3O2. The van der Waals surface area contributed by atoms with Crippen molar-refractivity contribution in [1.29, 1.82) is 0 Å². The molecule has 1 aromatic carbocycles. The van der Waals surface area contributed by atoms with Gasteiger partial charge in [0.1, 0.15) is 18.5 Å². The lowest BCUT2D eigenvalue weighted by Crippen LogP contribution is -2.09. The summed E-state index contributed by atoms with van der Waals surface area (Å²) in [5.41, 5.74) is 0.969. The molecule has 1 heterocycles. The Labute approximate surface area is 103 Å². The van der Waals surface area contributed by atoms with Crippen LogP contribution < -0.4 is 0 Å². The number of hydrogen-bond acceptors (Lipinski definition) is 4. The molecule has 0 amide bonds. The monoisotopic (exact) mass is 249 g/mol. The number of ether oxygens (including phenoxy) is 1. The molecule has 0 aliphatic heterocycles. The third kappa shape index (κ3) is 2.71. The molecule has 18 heavy (non-hydrogen) atoms. The van der Waals surface area contributed by atoms with Gasteiger partial charge in [-0.25, -0.2) is 14.2 Å². The van der Waals surface area contributed by atoms with Gasteiger partial charge < -0.3 is 4.74 Å². The molecule has 6 heteroatoms. The molecule has 94 valence electrons. The average molecular weight is 249 g/mol. The van der Waals surface area contributed by atoms with Crippen molar-refractivity contribution in [2.45, 2.75) is 13.0 Å². The third-order valence-corrected chi connectivity index (χ3v) is 2.55. The van der Waals surface area contributed by atoms with E-state index in [2.05, 4.69) is 14.8 Å². The van der Waals surface area contributed by atoms with Crippen molar-refractivity contribution < 1.29 is 13.9 Å². The molecule has 5 nitrogen and oxygen atoms in total. The summed E-state index contributed by atoms with van der Waals surface area (Å²) in [7, 11) is 1.30. The van der Waals surface area contributed by atoms with Crippen molar-refractivity contribution in [2.75, 3.05) is 7.11 Å². The van der Waals surface area contributed by atoms with Crippen LogP contribution in [0.5, 0.6) is 0 Å². The van der Waals surface area contributed by atoms with E-state index in [1.807, 2.05) is 0 Å². The molecule has 1 aromatic heterocycles. The number of aryl methyl sites for hydroxylation is 2. The van der Waals surface area contributed by atoms with Gasteiger partial charge in [0.15, 0.2) is 0 Å². The van der Waals surface area contributed by atoms with Crippen molar-refractivity contribution in [3.63, 3.8) is 0 Å². The highest BCUT2D eigenvalue weighted by molar-refractivity contribution is 5.90. The van der Waals surface area contributed by atoms with Gasteiger partial charge in [-0.1, -0.05) is 0 Å². The molecule has 0 bridgehead atoms. The predicted octanol–water partition coefficient (Wildman–Crippen LogP) is 1.45. The van der Waals surface area contributed by atoms with E-state index in [1.165, 1.54) is 31.6 Å². The highest BCUT2D eigenvalue weighted by Crippen LogP contribution is 2.14. The number of benzene rings is 1. The van der Waals surface area contributed by atoms with E-state index in [9.17, 15) is 9.18 Å². The second-order valence-corrected chi connectivity index (χ2v) is 3.70. The number of esters is 1. The Morgan fingerprint density at radius 1 is 1.50 bits per heavy atom. The van der Waals surface area contributed by atoms with Gasteiger partial charge in [-0.2, -0.15) is 5.10 Å². The van der Waals surface area contributed by atoms with Crippen LogP contribution in [-0.4, -0.2) is 27.8 Å². The lowest BCUT2D eigenvalue weighted by molar-refractivity contribution is 0.0599. The molecule has 0 radical (unpaired) electrons. The normalized spacial score (nSPS) is 10.3. The lowest BCUT2D eigenvalue weighted by atomic mass is 10.0. The molecule has 0 N–H and O–H groups in total. The molecule has 2 rings (SSSR count). The minimum absolute atomic E-state index is 0.374. The standard InChI is InChI=1S/C12H12FN3O2/c1-18-12(17)11-3-2-10(13)6-9(11)4-5-16-8-14-7-15-16/h2-3,6-8H,4-5H2,1H3. The summed E-state index contributed by atoms with van der Waals surface area (Å²) < 4.78 is 19.5. The fourth-order valence-electron chi connectivity index (χ4n) is 1.66. The Morgan fingerprint density at radius 3 is 3.00 bits per heavy atom. The molecule has 0 spiro atoms. The van der Waals surface area contributed by atoms with Gasteiger partial charge in [0.25, 0.3) is 0 Å². The first-order valence-electron chi connectivity index (χ1n) is 5.40. The topological polar surface area (TPSA) is 57.0 Å². The number of hydrogen-bond donors (Lipinski definition) is 0. The van der Waals surface area contributed by atoms with Gasteiger partial charge in [0, 0.05) is 6.54 Å². The van der Waals surface area contributed by atoms with Crippen molar-refractivity contribution in [2.24, 2.45) is 0 Å². The quantitative estimate of drug-likeness (QED) is 0.769. The van der Waals surface area contributed by atoms with Gasteiger partial charge in [-0.15, -0.1) is 0 Å². The molecule has 2 aromatic rings. The minimum atomic E-state index is -0.469. The van der Waals surface area contributed by atoms with Gasteiger partial charge in [-0.3, -0.25) is 4.68 Å². The van der Waals surface area contributed by atoms with Crippen molar-refractivity contribution in [3.05, 3.63) is 47.8 Å². The number of carbonyl (C=O) groups is 1. The van der Waals surface area contributed by atoms with Gasteiger partial charge in [-0.05, 0) is 30.2 Å². The maximum absolute atomic E-state index is 13.2. The van der Waals surface area contributed by atoms with E-state index in [-0.39, 0.29) is 5.82 Å². The SMILES string of the molecule is COC(=O)c1ccc(F)cc1CCn1cncn1. The Balaban J connectivity index is 2.19. The Bertz CT molecular complexity index is 540. The minimum Gasteiger partial charge on any atom is -0.465 e. The molecule has 0 atom stereocenters. The molecule has 0 aliphatic carbocycles. The van der Waals surface area contributed by atoms with E-state index in [0.29, 0.717) is 24.1 Å². The summed E-state index contributed by atoms with van der Waals surface area (Å²) in [6.07, 6.45) is 3.47. The maximum Gasteiger partial charge on any atom is 0.338 e. The van der Waals surface area contributed by atoms with Crippen molar-refractivity contribution in [3.8, 4) is 0 Å². The molecule has 0 saturated heterocycles. The second-order valence-electron chi connectivity index (χ2n) is 3.70. The van der Waals surface area contributed by atoms with Crippen LogP contribution in [0.4, 0.5) is 4.39 Å². The number of rotatable bonds is 4. The second kappa shape index (κ2) is 5.39. The summed E-state index contributed by atoms with van der Waals surface area (Å²) in [5.74, 6) is -0.847. The van der Waals surface area contributed by atoms with E-state index in [0.717, 1.165) is 0 Å². The summed E-state index contributed by atoms with van der Waals surface area (Å²) in [4.78, 5) is 15.3. The van der Waals surface area contributed by atoms with Crippen molar-refractivity contribution >= 4 is 5.97 Å². The zero-order chi connectivity index (χ0) is 13.0. The van der Waals surface area contributed by atoms with Crippen LogP contribution in [0, 0.1) is 5.82 Å². The highest BCUT2D eigenvalue weighted by Gasteiger charge is 2.12. The van der Waals surface area contributed by atoms with Gasteiger partial charge in [0.2, 0.25) is 0 Å². The van der Waals surface area contributed by atoms with Crippen LogP contribution in [-0.2, 0) is 17.7 Å². The smallest absolute Gasteiger partial charge is 0.338 e. The number of carbonyl (C=O) groups excluding carboxylic acids is 1. The van der Waals surface area contributed by atoms with E-state index in [4.69, 9.17) is 0 Å². The maximum atomic E-state index is 13.2. The third-order valence-electron chi connectivity index (χ3n) is 2.55. The average Bonchev–Trinajstić information content (AvgIpc) is 2.88. The summed E-state index contributed by atoms with van der Waals surface area (Å²) >= 11 is 0. The Hall–Kier alpha value is -2.24. The molecule has 0 fully saturated rings. The summed E-state index contributed by atoms with van der Waals surface area (Å²) in [5, 5.41) is 3.94. The van der Waals surface area contributed by atoms with Gasteiger partial charge >= 0.3 is 5.97 Å². The summed E-state index contributed by atoms with van der Waals surface area (Å²) in [6.45, 7) is 0.521. The van der Waals surface area contributed by atoms with E-state index < -0.39 is 5.97 Å². The molecule has 0 unspecified atom stereocenters. The van der Waals surface area contributed by atoms with Crippen LogP contribution in [0.3, 0.4) is 0 Å². The molecule has 0 aliphatic rings. The number of halogens is 1. The fourth-order valence-corrected chi connectivity index (χ4v) is 1.66. The fraction of sp³-hybridized carbons (Fsp3) is 0.250. The van der Waals surface area contributed by atoms with E-state index >= 15 is 0 Å². The summed E-state index contributed by atoms with van der Waals surface area (Å²) in [6, 6.07) is 4.01. The largest absolute Gasteiger partial charge is 0.465 e. The zero-order valence-electron chi connectivity index (χ0n) is 9.84.